The van der Waals surface area contributed by atoms with E-state index >= 15 is 0 Å². The van der Waals surface area contributed by atoms with Gasteiger partial charge in [-0.2, -0.15) is 5.26 Å². The fraction of sp³-hybridized carbons (Fsp3) is 0.200. The van der Waals surface area contributed by atoms with E-state index in [1.165, 1.54) is 23.2 Å². The molecule has 7 heteroatoms. The second-order valence-electron chi connectivity index (χ2n) is 4.84. The molecule has 1 aromatic carbocycles. The lowest BCUT2D eigenvalue weighted by molar-refractivity contribution is -0.384. The van der Waals surface area contributed by atoms with Gasteiger partial charge in [-0.25, -0.2) is 9.37 Å². The number of benzene rings is 1. The Balaban J connectivity index is 2.37. The number of nitrogens with zero attached hydrogens (tertiary/aromatic N) is 4. The summed E-state index contributed by atoms with van der Waals surface area (Å²) in [5, 5.41) is 20.2. The first-order valence-electron chi connectivity index (χ1n) is 6.43. The van der Waals surface area contributed by atoms with Gasteiger partial charge < -0.3 is 4.90 Å². The van der Waals surface area contributed by atoms with Crippen molar-refractivity contribution in [1.29, 1.82) is 5.26 Å². The topological polar surface area (TPSA) is 83.1 Å². The van der Waals surface area contributed by atoms with Crippen LogP contribution in [-0.2, 0) is 6.54 Å². The van der Waals surface area contributed by atoms with Gasteiger partial charge in [0.15, 0.2) is 0 Å². The molecule has 0 amide bonds. The van der Waals surface area contributed by atoms with Crippen LogP contribution in [0.5, 0.6) is 0 Å². The summed E-state index contributed by atoms with van der Waals surface area (Å²) in [4.78, 5) is 16.1. The molecule has 0 saturated heterocycles. The number of hydrogen-bond donors (Lipinski definition) is 0. The summed E-state index contributed by atoms with van der Waals surface area (Å²) in [7, 11) is 1.61. The number of hydrogen-bond acceptors (Lipinski definition) is 5. The Labute approximate surface area is 126 Å². The maximum absolute atomic E-state index is 13.6. The van der Waals surface area contributed by atoms with E-state index in [9.17, 15) is 14.5 Å². The zero-order chi connectivity index (χ0) is 16.3. The third-order valence-electron chi connectivity index (χ3n) is 3.23. The van der Waals surface area contributed by atoms with Gasteiger partial charge in [-0.3, -0.25) is 10.1 Å². The quantitative estimate of drug-likeness (QED) is 0.640. The largest absolute Gasteiger partial charge is 0.350 e. The molecule has 0 aliphatic carbocycles. The van der Waals surface area contributed by atoms with Crippen molar-refractivity contribution in [3.8, 4) is 6.07 Å². The lowest BCUT2D eigenvalue weighted by Crippen LogP contribution is -2.19. The van der Waals surface area contributed by atoms with Gasteiger partial charge in [0, 0.05) is 19.8 Å². The molecule has 2 rings (SSSR count). The van der Waals surface area contributed by atoms with Crippen LogP contribution in [0.3, 0.4) is 0 Å². The van der Waals surface area contributed by atoms with Crippen LogP contribution in [0.4, 0.5) is 15.9 Å². The molecule has 0 aliphatic heterocycles. The highest BCUT2D eigenvalue weighted by atomic mass is 19.1. The van der Waals surface area contributed by atoms with Crippen molar-refractivity contribution in [3.05, 3.63) is 63.1 Å². The second-order valence-corrected chi connectivity index (χ2v) is 4.84. The van der Waals surface area contributed by atoms with Gasteiger partial charge in [0.05, 0.1) is 4.92 Å². The molecule has 6 nitrogen and oxygen atoms in total. The number of halogens is 1. The number of aryl methyl sites for hydroxylation is 1. The smallest absolute Gasteiger partial charge is 0.329 e. The number of rotatable bonds is 4. The Morgan fingerprint density at radius 3 is 2.77 bits per heavy atom. The number of pyridine rings is 1. The van der Waals surface area contributed by atoms with Crippen LogP contribution in [0.25, 0.3) is 0 Å². The highest BCUT2D eigenvalue weighted by Gasteiger charge is 2.24. The standard InChI is InChI=1S/C15H13FN4O2/c1-10-3-4-11(7-13(10)16)9-19(2)15-14(20(21)22)12(8-17)5-6-18-15/h3-7H,9H2,1-2H3. The molecule has 0 aliphatic rings. The molecule has 0 N–H and O–H groups in total. The Morgan fingerprint density at radius 1 is 1.45 bits per heavy atom. The summed E-state index contributed by atoms with van der Waals surface area (Å²) in [6.45, 7) is 1.89. The van der Waals surface area contributed by atoms with Crippen LogP contribution >= 0.6 is 0 Å². The van der Waals surface area contributed by atoms with Crippen LogP contribution in [-0.4, -0.2) is 17.0 Å². The minimum atomic E-state index is -0.632. The van der Waals surface area contributed by atoms with Crippen molar-refractivity contribution < 1.29 is 9.31 Å². The molecule has 112 valence electrons. The first kappa shape index (κ1) is 15.4. The van der Waals surface area contributed by atoms with E-state index in [1.54, 1.807) is 32.2 Å². The second kappa shape index (κ2) is 6.18. The normalized spacial score (nSPS) is 10.1. The molecule has 0 spiro atoms. The van der Waals surface area contributed by atoms with E-state index < -0.39 is 4.92 Å². The molecule has 0 unspecified atom stereocenters. The van der Waals surface area contributed by atoms with E-state index in [1.807, 2.05) is 0 Å². The predicted molar refractivity (Wildman–Crippen MR) is 78.9 cm³/mol. The number of nitro groups is 1. The lowest BCUT2D eigenvalue weighted by atomic mass is 10.1. The molecule has 0 radical (unpaired) electrons. The minimum absolute atomic E-state index is 0.0584. The van der Waals surface area contributed by atoms with Crippen molar-refractivity contribution in [1.82, 2.24) is 4.98 Å². The number of nitriles is 1. The monoisotopic (exact) mass is 300 g/mol. The maximum Gasteiger partial charge on any atom is 0.329 e. The first-order chi connectivity index (χ1) is 10.4. The minimum Gasteiger partial charge on any atom is -0.350 e. The molecular weight excluding hydrogens is 287 g/mol. The third-order valence-corrected chi connectivity index (χ3v) is 3.23. The Morgan fingerprint density at radius 2 is 2.18 bits per heavy atom. The molecule has 1 aromatic heterocycles. The van der Waals surface area contributed by atoms with Crippen molar-refractivity contribution in [3.63, 3.8) is 0 Å². The van der Waals surface area contributed by atoms with Gasteiger partial charge in [0.2, 0.25) is 5.82 Å². The number of aromatic nitrogens is 1. The van der Waals surface area contributed by atoms with E-state index in [-0.39, 0.29) is 29.4 Å². The summed E-state index contributed by atoms with van der Waals surface area (Å²) >= 11 is 0. The zero-order valence-electron chi connectivity index (χ0n) is 12.1. The average molecular weight is 300 g/mol. The molecule has 0 saturated carbocycles. The summed E-state index contributed by atoms with van der Waals surface area (Å²) < 4.78 is 13.6. The molecule has 0 atom stereocenters. The Hall–Kier alpha value is -3.01. The van der Waals surface area contributed by atoms with Crippen LogP contribution in [0.1, 0.15) is 16.7 Å². The highest BCUT2D eigenvalue weighted by molar-refractivity contribution is 5.65. The molecule has 22 heavy (non-hydrogen) atoms. The van der Waals surface area contributed by atoms with Crippen LogP contribution in [0, 0.1) is 34.2 Å². The Bertz CT molecular complexity index is 771. The van der Waals surface area contributed by atoms with Crippen LogP contribution in [0.15, 0.2) is 30.5 Å². The van der Waals surface area contributed by atoms with E-state index in [4.69, 9.17) is 5.26 Å². The number of anilines is 1. The van der Waals surface area contributed by atoms with Crippen LogP contribution in [0.2, 0.25) is 0 Å². The molecule has 2 aromatic rings. The van der Waals surface area contributed by atoms with Crippen molar-refractivity contribution >= 4 is 11.5 Å². The molecular formula is C15H13FN4O2. The van der Waals surface area contributed by atoms with E-state index in [0.29, 0.717) is 11.1 Å². The van der Waals surface area contributed by atoms with Crippen molar-refractivity contribution in [2.24, 2.45) is 0 Å². The predicted octanol–water partition coefficient (Wildman–Crippen LogP) is 2.95. The fourth-order valence-electron chi connectivity index (χ4n) is 2.08. The van der Waals surface area contributed by atoms with Crippen molar-refractivity contribution in [2.75, 3.05) is 11.9 Å². The SMILES string of the molecule is Cc1ccc(CN(C)c2nccc(C#N)c2[N+](=O)[O-])cc1F. The van der Waals surface area contributed by atoms with Crippen LogP contribution < -0.4 is 4.90 Å². The van der Waals surface area contributed by atoms with E-state index in [0.717, 1.165) is 0 Å². The van der Waals surface area contributed by atoms with Gasteiger partial charge in [-0.05, 0) is 30.2 Å². The lowest BCUT2D eigenvalue weighted by Gasteiger charge is -2.18. The Kier molecular flexibility index (Phi) is 4.32. The maximum atomic E-state index is 13.6. The summed E-state index contributed by atoms with van der Waals surface area (Å²) in [6, 6.07) is 7.85. The van der Waals surface area contributed by atoms with Crippen molar-refractivity contribution in [2.45, 2.75) is 13.5 Å². The van der Waals surface area contributed by atoms with Gasteiger partial charge in [-0.15, -0.1) is 0 Å². The van der Waals surface area contributed by atoms with E-state index in [2.05, 4.69) is 4.98 Å². The average Bonchev–Trinajstić information content (AvgIpc) is 2.49. The summed E-state index contributed by atoms with van der Waals surface area (Å²) in [6.07, 6.45) is 1.34. The van der Waals surface area contributed by atoms with Gasteiger partial charge in [0.25, 0.3) is 0 Å². The third kappa shape index (κ3) is 3.01. The molecule has 1 heterocycles. The first-order valence-corrected chi connectivity index (χ1v) is 6.43. The van der Waals surface area contributed by atoms with Gasteiger partial charge >= 0.3 is 5.69 Å². The summed E-state index contributed by atoms with van der Waals surface area (Å²) in [5.74, 6) is -0.260. The van der Waals surface area contributed by atoms with Gasteiger partial charge in [-0.1, -0.05) is 12.1 Å². The zero-order valence-corrected chi connectivity index (χ0v) is 12.1. The molecule has 0 bridgehead atoms. The summed E-state index contributed by atoms with van der Waals surface area (Å²) in [5.41, 5.74) is 0.781. The molecule has 0 fully saturated rings. The highest BCUT2D eigenvalue weighted by Crippen LogP contribution is 2.29. The fourth-order valence-corrected chi connectivity index (χ4v) is 2.08. The van der Waals surface area contributed by atoms with Gasteiger partial charge in [0.1, 0.15) is 17.4 Å².